The summed E-state index contributed by atoms with van der Waals surface area (Å²) in [7, 11) is 0. The fraction of sp³-hybridized carbons (Fsp3) is 0.556. The maximum Gasteiger partial charge on any atom is 0.207 e. The molecule has 6 heteroatoms. The Morgan fingerprint density at radius 3 is 2.71 bits per heavy atom. The molecule has 0 saturated heterocycles. The minimum absolute atomic E-state index is 0.0678. The average Bonchev–Trinajstić information content (AvgIpc) is 3.12. The number of nitriles is 1. The molecule has 0 spiro atoms. The third-order valence-electron chi connectivity index (χ3n) is 5.05. The first-order valence-electron chi connectivity index (χ1n) is 8.27. The molecule has 0 aromatic heterocycles. The van der Waals surface area contributed by atoms with Gasteiger partial charge in [-0.2, -0.15) is 10.3 Å². The third kappa shape index (κ3) is 3.35. The van der Waals surface area contributed by atoms with Crippen LogP contribution in [0.25, 0.3) is 0 Å². The number of halogens is 2. The highest BCUT2D eigenvalue weighted by Crippen LogP contribution is 2.44. The highest BCUT2D eigenvalue weighted by atomic mass is 19.1. The van der Waals surface area contributed by atoms with Gasteiger partial charge in [-0.15, -0.1) is 0 Å². The summed E-state index contributed by atoms with van der Waals surface area (Å²) in [6.45, 7) is 3.43. The van der Waals surface area contributed by atoms with E-state index in [-0.39, 0.29) is 11.8 Å². The van der Waals surface area contributed by atoms with Crippen molar-refractivity contribution in [2.75, 3.05) is 0 Å². The van der Waals surface area contributed by atoms with E-state index in [9.17, 15) is 8.78 Å². The van der Waals surface area contributed by atoms with Gasteiger partial charge in [-0.3, -0.25) is 0 Å². The van der Waals surface area contributed by atoms with Gasteiger partial charge in [0.15, 0.2) is 23.0 Å². The lowest BCUT2D eigenvalue weighted by molar-refractivity contribution is 0.167. The Balaban J connectivity index is 1.76. The number of fused-ring (bicyclic) bond motifs is 2. The minimum Gasteiger partial charge on any atom is -0.477 e. The lowest BCUT2D eigenvalue weighted by Crippen LogP contribution is -2.51. The van der Waals surface area contributed by atoms with Crippen LogP contribution in [0, 0.1) is 34.9 Å². The number of ether oxygens (including phenoxy) is 1. The van der Waals surface area contributed by atoms with Crippen LogP contribution in [0.2, 0.25) is 0 Å². The van der Waals surface area contributed by atoms with Crippen molar-refractivity contribution in [2.24, 2.45) is 16.8 Å². The molecule has 24 heavy (non-hydrogen) atoms. The zero-order chi connectivity index (χ0) is 17.3. The molecule has 1 aromatic rings. The van der Waals surface area contributed by atoms with E-state index in [2.05, 4.69) is 10.3 Å². The Kier molecular flexibility index (Phi) is 4.44. The molecule has 2 bridgehead atoms. The minimum atomic E-state index is -1.03. The number of nitrogens with zero attached hydrogens (tertiary/aromatic N) is 2. The SMILES string of the molecule is CC(C)(Oc1ccc(F)cc1F)C(=NC#N)NC1CC2CCC1C2. The Morgan fingerprint density at radius 2 is 2.12 bits per heavy atom. The van der Waals surface area contributed by atoms with Gasteiger partial charge < -0.3 is 10.1 Å². The van der Waals surface area contributed by atoms with Crippen molar-refractivity contribution in [3.8, 4) is 11.9 Å². The summed E-state index contributed by atoms with van der Waals surface area (Å²) < 4.78 is 32.6. The van der Waals surface area contributed by atoms with E-state index in [0.717, 1.165) is 24.5 Å². The molecule has 2 saturated carbocycles. The number of aliphatic imine (C=N–C) groups is 1. The van der Waals surface area contributed by atoms with Crippen molar-refractivity contribution in [3.63, 3.8) is 0 Å². The molecule has 3 atom stereocenters. The molecule has 128 valence electrons. The van der Waals surface area contributed by atoms with Crippen LogP contribution in [0.15, 0.2) is 23.2 Å². The summed E-state index contributed by atoms with van der Waals surface area (Å²) in [5.74, 6) is 0.211. The van der Waals surface area contributed by atoms with Crippen molar-refractivity contribution < 1.29 is 13.5 Å². The van der Waals surface area contributed by atoms with Gasteiger partial charge >= 0.3 is 0 Å². The van der Waals surface area contributed by atoms with E-state index in [0.29, 0.717) is 11.8 Å². The van der Waals surface area contributed by atoms with Gasteiger partial charge in [-0.1, -0.05) is 6.42 Å². The van der Waals surface area contributed by atoms with E-state index >= 15 is 0 Å². The maximum absolute atomic E-state index is 13.9. The Hall–Kier alpha value is -2.16. The van der Waals surface area contributed by atoms with Gasteiger partial charge in [-0.05, 0) is 57.1 Å². The lowest BCUT2D eigenvalue weighted by atomic mass is 9.94. The molecule has 3 rings (SSSR count). The molecule has 0 aliphatic heterocycles. The molecular formula is C18H21F2N3O. The Labute approximate surface area is 140 Å². The van der Waals surface area contributed by atoms with E-state index in [1.54, 1.807) is 20.0 Å². The fourth-order valence-electron chi connectivity index (χ4n) is 3.87. The quantitative estimate of drug-likeness (QED) is 0.518. The maximum atomic E-state index is 13.9. The molecule has 2 aliphatic rings. The van der Waals surface area contributed by atoms with E-state index < -0.39 is 17.2 Å². The molecular weight excluding hydrogens is 312 g/mol. The monoisotopic (exact) mass is 333 g/mol. The van der Waals surface area contributed by atoms with Crippen LogP contribution in [-0.4, -0.2) is 17.5 Å². The number of rotatable bonds is 4. The summed E-state index contributed by atoms with van der Waals surface area (Å²) in [4.78, 5) is 3.88. The van der Waals surface area contributed by atoms with Crippen LogP contribution in [0.4, 0.5) is 8.78 Å². The van der Waals surface area contributed by atoms with Crippen molar-refractivity contribution in [1.82, 2.24) is 5.32 Å². The van der Waals surface area contributed by atoms with Crippen LogP contribution in [0.3, 0.4) is 0 Å². The summed E-state index contributed by atoms with van der Waals surface area (Å²) in [6, 6.07) is 3.43. The van der Waals surface area contributed by atoms with Gasteiger partial charge in [0, 0.05) is 12.1 Å². The summed E-state index contributed by atoms with van der Waals surface area (Å²) in [6.07, 6.45) is 6.54. The molecule has 2 aliphatic carbocycles. The van der Waals surface area contributed by atoms with Gasteiger partial charge in [0.05, 0.1) is 0 Å². The van der Waals surface area contributed by atoms with Crippen LogP contribution in [0.1, 0.15) is 39.5 Å². The van der Waals surface area contributed by atoms with Crippen molar-refractivity contribution in [1.29, 1.82) is 5.26 Å². The van der Waals surface area contributed by atoms with Gasteiger partial charge in [0.2, 0.25) is 6.19 Å². The smallest absolute Gasteiger partial charge is 0.207 e. The molecule has 4 nitrogen and oxygen atoms in total. The second kappa shape index (κ2) is 6.39. The summed E-state index contributed by atoms with van der Waals surface area (Å²) in [5.41, 5.74) is -1.03. The standard InChI is InChI=1S/C18H21F2N3O/c1-18(2,24-16-6-5-13(19)9-14(16)20)17(22-10-21)23-15-8-11-3-4-12(15)7-11/h5-6,9,11-12,15H,3-4,7-8H2,1-2H3,(H,22,23). The first-order valence-corrected chi connectivity index (χ1v) is 8.27. The van der Waals surface area contributed by atoms with Gasteiger partial charge in [0.1, 0.15) is 5.82 Å². The molecule has 0 radical (unpaired) electrons. The number of nitrogens with one attached hydrogen (secondary N) is 1. The van der Waals surface area contributed by atoms with Gasteiger partial charge in [-0.25, -0.2) is 8.78 Å². The Bertz CT molecular complexity index is 696. The lowest BCUT2D eigenvalue weighted by Gasteiger charge is -2.32. The van der Waals surface area contributed by atoms with E-state index in [4.69, 9.17) is 10.00 Å². The number of hydrogen-bond donors (Lipinski definition) is 1. The molecule has 2 fully saturated rings. The molecule has 3 unspecified atom stereocenters. The highest BCUT2D eigenvalue weighted by molar-refractivity contribution is 5.91. The number of hydrogen-bond acceptors (Lipinski definition) is 3. The van der Waals surface area contributed by atoms with E-state index in [1.165, 1.54) is 25.3 Å². The number of amidine groups is 1. The van der Waals surface area contributed by atoms with E-state index in [1.807, 2.05) is 0 Å². The largest absolute Gasteiger partial charge is 0.477 e. The van der Waals surface area contributed by atoms with Gasteiger partial charge in [0.25, 0.3) is 0 Å². The third-order valence-corrected chi connectivity index (χ3v) is 5.05. The fourth-order valence-corrected chi connectivity index (χ4v) is 3.87. The topological polar surface area (TPSA) is 57.4 Å². The predicted molar refractivity (Wildman–Crippen MR) is 86.5 cm³/mol. The van der Waals surface area contributed by atoms with Crippen molar-refractivity contribution in [3.05, 3.63) is 29.8 Å². The predicted octanol–water partition coefficient (Wildman–Crippen LogP) is 3.78. The average molecular weight is 333 g/mol. The van der Waals surface area contributed by atoms with Crippen molar-refractivity contribution in [2.45, 2.75) is 51.2 Å². The molecule has 0 heterocycles. The second-order valence-electron chi connectivity index (χ2n) is 7.17. The van der Waals surface area contributed by atoms with Crippen LogP contribution >= 0.6 is 0 Å². The highest BCUT2D eigenvalue weighted by Gasteiger charge is 2.41. The molecule has 1 aromatic carbocycles. The van der Waals surface area contributed by atoms with Crippen LogP contribution in [0.5, 0.6) is 5.75 Å². The zero-order valence-electron chi connectivity index (χ0n) is 13.9. The van der Waals surface area contributed by atoms with Crippen LogP contribution in [-0.2, 0) is 0 Å². The first kappa shape index (κ1) is 16.7. The molecule has 0 amide bonds. The van der Waals surface area contributed by atoms with Crippen LogP contribution < -0.4 is 10.1 Å². The van der Waals surface area contributed by atoms with Crippen molar-refractivity contribution >= 4 is 5.84 Å². The summed E-state index contributed by atoms with van der Waals surface area (Å²) in [5, 5.41) is 12.4. The number of benzene rings is 1. The molecule has 1 N–H and O–H groups in total. The zero-order valence-corrected chi connectivity index (χ0v) is 13.9. The second-order valence-corrected chi connectivity index (χ2v) is 7.17. The Morgan fingerprint density at radius 1 is 1.33 bits per heavy atom. The summed E-state index contributed by atoms with van der Waals surface area (Å²) >= 11 is 0. The first-order chi connectivity index (χ1) is 11.4. The normalized spacial score (nSPS) is 26.3.